The van der Waals surface area contributed by atoms with E-state index in [1.807, 2.05) is 0 Å². The molecule has 2 heterocycles. The number of nitrogens with zero attached hydrogens (tertiary/aromatic N) is 2. The van der Waals surface area contributed by atoms with Crippen LogP contribution in [0.25, 0.3) is 0 Å². The SMILES string of the molecule is C#C[C@]1(COP(=O)(O)OP(=O)(O)OP(=O)(O)O)OC(n2ccc(N)nc2=O)[C@H](F)[C@@H]1O. The number of hydrogen-bond donors (Lipinski definition) is 6. The molecule has 0 aromatic carbocycles. The van der Waals surface area contributed by atoms with Crippen LogP contribution in [0.1, 0.15) is 6.23 Å². The molecule has 6 atom stereocenters. The second kappa shape index (κ2) is 8.80. The minimum absolute atomic E-state index is 0.203. The van der Waals surface area contributed by atoms with Crippen molar-refractivity contribution in [2.45, 2.75) is 24.1 Å². The van der Waals surface area contributed by atoms with Crippen LogP contribution in [0, 0.1) is 12.3 Å². The first kappa shape index (κ1) is 25.8. The number of ether oxygens (including phenoxy) is 1. The highest BCUT2D eigenvalue weighted by Crippen LogP contribution is 2.66. The van der Waals surface area contributed by atoms with Crippen molar-refractivity contribution in [3.63, 3.8) is 0 Å². The molecular weight excluding hydrogens is 494 g/mol. The van der Waals surface area contributed by atoms with Crippen molar-refractivity contribution in [3.05, 3.63) is 22.7 Å². The molecule has 1 aromatic rings. The molecule has 16 nitrogen and oxygen atoms in total. The summed E-state index contributed by atoms with van der Waals surface area (Å²) < 4.78 is 65.4. The third kappa shape index (κ3) is 6.27. The number of nitrogens with two attached hydrogens (primary N) is 1. The van der Waals surface area contributed by atoms with Crippen molar-refractivity contribution < 1.29 is 60.6 Å². The van der Waals surface area contributed by atoms with Crippen LogP contribution in [0.15, 0.2) is 17.1 Å². The van der Waals surface area contributed by atoms with Gasteiger partial charge in [-0.3, -0.25) is 9.09 Å². The van der Waals surface area contributed by atoms with E-state index in [1.165, 1.54) is 0 Å². The van der Waals surface area contributed by atoms with Crippen molar-refractivity contribution in [1.29, 1.82) is 0 Å². The Labute approximate surface area is 171 Å². The van der Waals surface area contributed by atoms with E-state index in [2.05, 4.69) is 18.1 Å². The lowest BCUT2D eigenvalue weighted by Gasteiger charge is -2.26. The van der Waals surface area contributed by atoms with Crippen LogP contribution in [-0.2, 0) is 31.6 Å². The molecule has 174 valence electrons. The molecule has 0 spiro atoms. The summed E-state index contributed by atoms with van der Waals surface area (Å²) in [6.45, 7) is -1.34. The van der Waals surface area contributed by atoms with Crippen LogP contribution < -0.4 is 11.4 Å². The second-order valence-corrected chi connectivity index (χ2v) is 10.3. The first-order valence-corrected chi connectivity index (χ1v) is 12.1. The summed E-state index contributed by atoms with van der Waals surface area (Å²) in [6.07, 6.45) is -0.324. The van der Waals surface area contributed by atoms with E-state index >= 15 is 0 Å². The number of phosphoric ester groups is 1. The van der Waals surface area contributed by atoms with Gasteiger partial charge in [0.1, 0.15) is 18.5 Å². The van der Waals surface area contributed by atoms with Crippen LogP contribution in [0.4, 0.5) is 10.2 Å². The minimum atomic E-state index is -5.82. The van der Waals surface area contributed by atoms with Crippen molar-refractivity contribution in [2.75, 3.05) is 12.3 Å². The molecule has 0 radical (unpaired) electrons. The molecule has 1 aliphatic heterocycles. The molecule has 20 heteroatoms. The van der Waals surface area contributed by atoms with Gasteiger partial charge in [-0.15, -0.1) is 6.42 Å². The van der Waals surface area contributed by atoms with Crippen LogP contribution in [0.3, 0.4) is 0 Å². The molecule has 7 N–H and O–H groups in total. The van der Waals surface area contributed by atoms with Crippen molar-refractivity contribution in [3.8, 4) is 12.3 Å². The van der Waals surface area contributed by atoms with Gasteiger partial charge in [0.05, 0.1) is 0 Å². The average Bonchev–Trinajstić information content (AvgIpc) is 2.82. The minimum Gasteiger partial charge on any atom is -0.386 e. The zero-order valence-corrected chi connectivity index (χ0v) is 17.5. The summed E-state index contributed by atoms with van der Waals surface area (Å²) >= 11 is 0. The second-order valence-electron chi connectivity index (χ2n) is 5.84. The maximum absolute atomic E-state index is 14.6. The number of rotatable bonds is 8. The summed E-state index contributed by atoms with van der Waals surface area (Å²) in [5, 5.41) is 10.1. The topological polar surface area (TPSA) is 250 Å². The average molecular weight is 509 g/mol. The smallest absolute Gasteiger partial charge is 0.386 e. The zero-order valence-electron chi connectivity index (χ0n) is 14.9. The Morgan fingerprint density at radius 2 is 1.90 bits per heavy atom. The lowest BCUT2D eigenvalue weighted by atomic mass is 9.98. The fraction of sp³-hybridized carbons (Fsp3) is 0.455. The Bertz CT molecular complexity index is 1080. The van der Waals surface area contributed by atoms with E-state index < -0.39 is 59.9 Å². The van der Waals surface area contributed by atoms with Crippen LogP contribution in [-0.4, -0.2) is 58.7 Å². The molecule has 1 saturated heterocycles. The maximum atomic E-state index is 14.6. The summed E-state index contributed by atoms with van der Waals surface area (Å²) in [7, 11) is -17.1. The Morgan fingerprint density at radius 1 is 1.29 bits per heavy atom. The predicted octanol–water partition coefficient (Wildman–Crippen LogP) is -1.23. The molecule has 0 amide bonds. The van der Waals surface area contributed by atoms with Crippen molar-refractivity contribution >= 4 is 29.3 Å². The zero-order chi connectivity index (χ0) is 23.8. The molecule has 3 unspecified atom stereocenters. The first-order chi connectivity index (χ1) is 14.0. The largest absolute Gasteiger partial charge is 0.490 e. The van der Waals surface area contributed by atoms with E-state index in [0.717, 1.165) is 12.3 Å². The standard InChI is InChI=1S/C11H15FN3O13P3/c1-2-11(5-25-30(21,22)28-31(23,24)27-29(18,19)20)8(16)7(12)9(26-11)15-4-3-6(13)14-10(15)17/h1,3-4,7-9,16H,5H2,(H,21,22)(H,23,24)(H2,13,14,17)(H2,18,19,20)/t7-,8+,9?,11-/m1/s1. The number of aliphatic hydroxyl groups is 1. The third-order valence-corrected chi connectivity index (χ3v) is 7.39. The highest BCUT2D eigenvalue weighted by molar-refractivity contribution is 7.66. The van der Waals surface area contributed by atoms with Crippen LogP contribution in [0.2, 0.25) is 0 Å². The Balaban J connectivity index is 2.21. The Hall–Kier alpha value is -1.50. The van der Waals surface area contributed by atoms with Crippen LogP contribution >= 0.6 is 23.5 Å². The monoisotopic (exact) mass is 509 g/mol. The summed E-state index contributed by atoms with van der Waals surface area (Å²) in [5.41, 5.74) is 1.72. The number of terminal acetylenes is 1. The number of aliphatic hydroxyl groups excluding tert-OH is 1. The molecule has 2 rings (SSSR count). The van der Waals surface area contributed by atoms with Crippen molar-refractivity contribution in [2.24, 2.45) is 0 Å². The molecule has 1 aliphatic rings. The number of anilines is 1. The lowest BCUT2D eigenvalue weighted by Crippen LogP contribution is -2.44. The van der Waals surface area contributed by atoms with E-state index in [1.54, 1.807) is 5.92 Å². The van der Waals surface area contributed by atoms with E-state index in [4.69, 9.17) is 31.6 Å². The summed E-state index contributed by atoms with van der Waals surface area (Å²) in [5.74, 6) is 1.59. The molecule has 0 saturated carbocycles. The highest BCUT2D eigenvalue weighted by Gasteiger charge is 2.57. The van der Waals surface area contributed by atoms with Gasteiger partial charge in [0, 0.05) is 6.20 Å². The fourth-order valence-corrected chi connectivity index (χ4v) is 5.40. The Morgan fingerprint density at radius 3 is 2.42 bits per heavy atom. The van der Waals surface area contributed by atoms with Gasteiger partial charge < -0.3 is 35.2 Å². The molecule has 1 fully saturated rings. The van der Waals surface area contributed by atoms with Gasteiger partial charge in [-0.25, -0.2) is 22.9 Å². The number of phosphoric acid groups is 3. The van der Waals surface area contributed by atoms with Gasteiger partial charge in [-0.1, -0.05) is 5.92 Å². The Kier molecular flexibility index (Phi) is 7.31. The predicted molar refractivity (Wildman–Crippen MR) is 95.3 cm³/mol. The lowest BCUT2D eigenvalue weighted by molar-refractivity contribution is -0.0905. The number of hydrogen-bond acceptors (Lipinski definition) is 11. The van der Waals surface area contributed by atoms with Crippen molar-refractivity contribution in [1.82, 2.24) is 9.55 Å². The van der Waals surface area contributed by atoms with Gasteiger partial charge in [-0.2, -0.15) is 13.6 Å². The van der Waals surface area contributed by atoms with Crippen LogP contribution in [0.5, 0.6) is 0 Å². The van der Waals surface area contributed by atoms with E-state index in [-0.39, 0.29) is 5.82 Å². The van der Waals surface area contributed by atoms with E-state index in [0.29, 0.717) is 4.57 Å². The van der Waals surface area contributed by atoms with Gasteiger partial charge in [0.25, 0.3) is 0 Å². The van der Waals surface area contributed by atoms with Gasteiger partial charge in [0.15, 0.2) is 18.0 Å². The van der Waals surface area contributed by atoms with E-state index in [9.17, 15) is 32.9 Å². The number of aromatic nitrogens is 2. The molecule has 31 heavy (non-hydrogen) atoms. The summed E-state index contributed by atoms with van der Waals surface area (Å²) in [6, 6.07) is 1.10. The molecule has 0 bridgehead atoms. The summed E-state index contributed by atoms with van der Waals surface area (Å²) in [4.78, 5) is 50.8. The number of halogens is 1. The fourth-order valence-electron chi connectivity index (χ4n) is 2.35. The quantitative estimate of drug-likeness (QED) is 0.177. The molecule has 0 aliphatic carbocycles. The third-order valence-electron chi connectivity index (χ3n) is 3.61. The normalized spacial score (nSPS) is 30.3. The first-order valence-electron chi connectivity index (χ1n) is 7.62. The number of alkyl halides is 1. The highest BCUT2D eigenvalue weighted by atomic mass is 31.3. The van der Waals surface area contributed by atoms with Gasteiger partial charge >= 0.3 is 29.2 Å². The molecule has 1 aromatic heterocycles. The maximum Gasteiger partial charge on any atom is 0.490 e. The van der Waals surface area contributed by atoms with Gasteiger partial charge in [0.2, 0.25) is 0 Å². The van der Waals surface area contributed by atoms with Gasteiger partial charge in [-0.05, 0) is 6.07 Å². The molecular formula is C11H15FN3O13P3. The number of nitrogen functional groups attached to an aromatic ring is 1.